The number of aromatic amines is 1. The number of nitrogens with zero attached hydrogens (tertiary/aromatic N) is 1. The van der Waals surface area contributed by atoms with Crippen molar-refractivity contribution in [3.05, 3.63) is 41.9 Å². The summed E-state index contributed by atoms with van der Waals surface area (Å²) in [7, 11) is 1.38. The summed E-state index contributed by atoms with van der Waals surface area (Å²) in [5.74, 6) is 0.298. The number of imidazole rings is 1. The van der Waals surface area contributed by atoms with Crippen molar-refractivity contribution in [1.82, 2.24) is 9.97 Å². The third kappa shape index (κ3) is 2.52. The Morgan fingerprint density at radius 2 is 1.89 bits per heavy atom. The number of carbonyl (C=O) groups excluding carboxylic acids is 1. The lowest BCUT2D eigenvalue weighted by Gasteiger charge is -2.18. The summed E-state index contributed by atoms with van der Waals surface area (Å²) >= 11 is 0. The van der Waals surface area contributed by atoms with Crippen LogP contribution in [0.25, 0.3) is 11.3 Å². The minimum atomic E-state index is -0.780. The maximum Gasteiger partial charge on any atom is 0.318 e. The van der Waals surface area contributed by atoms with E-state index in [2.05, 4.69) is 9.97 Å². The molecule has 4 nitrogen and oxygen atoms in total. The summed E-state index contributed by atoms with van der Waals surface area (Å²) in [5.41, 5.74) is 2.37. The van der Waals surface area contributed by atoms with Gasteiger partial charge in [-0.05, 0) is 26.3 Å². The second-order valence-corrected chi connectivity index (χ2v) is 5.13. The minimum Gasteiger partial charge on any atom is -0.468 e. The molecule has 1 N–H and O–H groups in total. The number of hydrogen-bond acceptors (Lipinski definition) is 3. The van der Waals surface area contributed by atoms with E-state index in [1.165, 1.54) is 12.7 Å². The lowest BCUT2D eigenvalue weighted by atomic mass is 9.93. The Kier molecular flexibility index (Phi) is 3.42. The van der Waals surface area contributed by atoms with Crippen LogP contribution in [0.1, 0.15) is 25.2 Å². The molecule has 0 radical (unpaired) electrons. The van der Waals surface area contributed by atoms with E-state index in [9.17, 15) is 4.79 Å². The molecule has 19 heavy (non-hydrogen) atoms. The van der Waals surface area contributed by atoms with E-state index in [0.29, 0.717) is 5.82 Å². The highest BCUT2D eigenvalue weighted by Crippen LogP contribution is 2.25. The van der Waals surface area contributed by atoms with E-state index in [1.807, 2.05) is 31.2 Å². The molecular formula is C15H18N2O2. The van der Waals surface area contributed by atoms with E-state index in [-0.39, 0.29) is 5.97 Å². The van der Waals surface area contributed by atoms with E-state index in [0.717, 1.165) is 11.3 Å². The topological polar surface area (TPSA) is 55.0 Å². The predicted octanol–water partition coefficient (Wildman–Crippen LogP) is 2.84. The quantitative estimate of drug-likeness (QED) is 0.861. The fourth-order valence-electron chi connectivity index (χ4n) is 1.87. The monoisotopic (exact) mass is 258 g/mol. The van der Waals surface area contributed by atoms with Gasteiger partial charge in [0, 0.05) is 0 Å². The average Bonchev–Trinajstić information content (AvgIpc) is 2.88. The van der Waals surface area contributed by atoms with Crippen LogP contribution in [0, 0.1) is 6.92 Å². The van der Waals surface area contributed by atoms with Gasteiger partial charge in [0.15, 0.2) is 0 Å². The number of aromatic nitrogens is 2. The Bertz CT molecular complexity index is 582. The zero-order valence-corrected chi connectivity index (χ0v) is 11.7. The zero-order valence-electron chi connectivity index (χ0n) is 11.7. The highest BCUT2D eigenvalue weighted by molar-refractivity contribution is 5.81. The number of carbonyl (C=O) groups is 1. The van der Waals surface area contributed by atoms with Crippen molar-refractivity contribution < 1.29 is 9.53 Å². The van der Waals surface area contributed by atoms with Gasteiger partial charge in [-0.3, -0.25) is 4.79 Å². The van der Waals surface area contributed by atoms with Crippen molar-refractivity contribution in [1.29, 1.82) is 0 Å². The first-order chi connectivity index (χ1) is 8.95. The number of esters is 1. The highest BCUT2D eigenvalue weighted by Gasteiger charge is 2.34. The molecule has 0 amide bonds. The van der Waals surface area contributed by atoms with Crippen LogP contribution >= 0.6 is 0 Å². The second-order valence-electron chi connectivity index (χ2n) is 5.13. The number of methoxy groups -OCH3 is 1. The summed E-state index contributed by atoms with van der Waals surface area (Å²) in [5, 5.41) is 0. The number of hydrogen-bond donors (Lipinski definition) is 1. The third-order valence-corrected chi connectivity index (χ3v) is 3.23. The first-order valence-corrected chi connectivity index (χ1v) is 6.16. The van der Waals surface area contributed by atoms with Gasteiger partial charge >= 0.3 is 5.97 Å². The molecule has 0 unspecified atom stereocenters. The van der Waals surface area contributed by atoms with E-state index >= 15 is 0 Å². The molecule has 0 aliphatic rings. The van der Waals surface area contributed by atoms with Crippen molar-refractivity contribution in [2.24, 2.45) is 0 Å². The van der Waals surface area contributed by atoms with Crippen LogP contribution in [0.15, 0.2) is 30.5 Å². The lowest BCUT2D eigenvalue weighted by molar-refractivity contribution is -0.146. The number of benzene rings is 1. The fourth-order valence-corrected chi connectivity index (χ4v) is 1.87. The second kappa shape index (κ2) is 4.88. The van der Waals surface area contributed by atoms with Gasteiger partial charge in [-0.25, -0.2) is 4.98 Å². The smallest absolute Gasteiger partial charge is 0.318 e. The van der Waals surface area contributed by atoms with Crippen LogP contribution < -0.4 is 0 Å². The van der Waals surface area contributed by atoms with Gasteiger partial charge in [0.05, 0.1) is 19.0 Å². The van der Waals surface area contributed by atoms with Gasteiger partial charge in [0.1, 0.15) is 11.2 Å². The molecule has 0 saturated carbocycles. The van der Waals surface area contributed by atoms with Crippen molar-refractivity contribution in [2.75, 3.05) is 7.11 Å². The van der Waals surface area contributed by atoms with Crippen LogP contribution in [-0.4, -0.2) is 23.0 Å². The van der Waals surface area contributed by atoms with Crippen LogP contribution in [0.4, 0.5) is 0 Å². The molecule has 0 atom stereocenters. The van der Waals surface area contributed by atoms with Gasteiger partial charge in [0.25, 0.3) is 0 Å². The van der Waals surface area contributed by atoms with Crippen LogP contribution in [-0.2, 0) is 14.9 Å². The minimum absolute atomic E-state index is 0.308. The van der Waals surface area contributed by atoms with Gasteiger partial charge in [-0.1, -0.05) is 29.8 Å². The Morgan fingerprint density at radius 1 is 1.26 bits per heavy atom. The Hall–Kier alpha value is -2.10. The molecule has 1 heterocycles. The van der Waals surface area contributed by atoms with Crippen LogP contribution in [0.2, 0.25) is 0 Å². The summed E-state index contributed by atoms with van der Waals surface area (Å²) in [6.07, 6.45) is 1.74. The molecule has 1 aromatic heterocycles. The SMILES string of the molecule is COC(=O)C(C)(C)c1ncc(-c2ccc(C)cc2)[nH]1. The van der Waals surface area contributed by atoms with Crippen molar-refractivity contribution >= 4 is 5.97 Å². The third-order valence-electron chi connectivity index (χ3n) is 3.23. The lowest BCUT2D eigenvalue weighted by Crippen LogP contribution is -2.31. The highest BCUT2D eigenvalue weighted by atomic mass is 16.5. The van der Waals surface area contributed by atoms with Crippen LogP contribution in [0.5, 0.6) is 0 Å². The molecule has 1 aromatic carbocycles. The molecule has 0 aliphatic carbocycles. The maximum absolute atomic E-state index is 11.7. The van der Waals surface area contributed by atoms with Crippen molar-refractivity contribution in [3.63, 3.8) is 0 Å². The maximum atomic E-state index is 11.7. The van der Waals surface area contributed by atoms with E-state index in [1.54, 1.807) is 20.0 Å². The summed E-state index contributed by atoms with van der Waals surface area (Å²) < 4.78 is 4.80. The molecule has 4 heteroatoms. The van der Waals surface area contributed by atoms with Gasteiger partial charge in [0.2, 0.25) is 0 Å². The summed E-state index contributed by atoms with van der Waals surface area (Å²) in [4.78, 5) is 19.2. The Morgan fingerprint density at radius 3 is 2.47 bits per heavy atom. The molecule has 2 aromatic rings. The fraction of sp³-hybridized carbons (Fsp3) is 0.333. The number of ether oxygens (including phenoxy) is 1. The normalized spacial score (nSPS) is 11.4. The average molecular weight is 258 g/mol. The molecule has 0 spiro atoms. The first-order valence-electron chi connectivity index (χ1n) is 6.16. The molecule has 2 rings (SSSR count). The summed E-state index contributed by atoms with van der Waals surface area (Å²) in [6.45, 7) is 5.62. The number of H-pyrrole nitrogens is 1. The van der Waals surface area contributed by atoms with E-state index in [4.69, 9.17) is 4.74 Å². The molecular weight excluding hydrogens is 240 g/mol. The van der Waals surface area contributed by atoms with Crippen molar-refractivity contribution in [2.45, 2.75) is 26.2 Å². The van der Waals surface area contributed by atoms with Gasteiger partial charge < -0.3 is 9.72 Å². The molecule has 0 fully saturated rings. The largest absolute Gasteiger partial charge is 0.468 e. The summed E-state index contributed by atoms with van der Waals surface area (Å²) in [6, 6.07) is 8.14. The molecule has 0 saturated heterocycles. The number of nitrogens with one attached hydrogen (secondary N) is 1. The zero-order chi connectivity index (χ0) is 14.0. The first kappa shape index (κ1) is 13.3. The Balaban J connectivity index is 2.34. The van der Waals surface area contributed by atoms with Gasteiger partial charge in [-0.2, -0.15) is 0 Å². The Labute approximate surface area is 112 Å². The van der Waals surface area contributed by atoms with Gasteiger partial charge in [-0.15, -0.1) is 0 Å². The predicted molar refractivity (Wildman–Crippen MR) is 73.8 cm³/mol. The van der Waals surface area contributed by atoms with E-state index < -0.39 is 5.41 Å². The molecule has 0 bridgehead atoms. The molecule has 0 aliphatic heterocycles. The number of aryl methyl sites for hydroxylation is 1. The van der Waals surface area contributed by atoms with Crippen molar-refractivity contribution in [3.8, 4) is 11.3 Å². The van der Waals surface area contributed by atoms with Crippen LogP contribution in [0.3, 0.4) is 0 Å². The standard InChI is InChI=1S/C15H18N2O2/c1-10-5-7-11(8-6-10)12-9-16-13(17-12)15(2,3)14(18)19-4/h5-9H,1-4H3,(H,16,17). The number of rotatable bonds is 3. The molecule has 100 valence electrons.